The van der Waals surface area contributed by atoms with Crippen LogP contribution in [0.5, 0.6) is 35.0 Å². The predicted molar refractivity (Wildman–Crippen MR) is 281 cm³/mol. The van der Waals surface area contributed by atoms with E-state index in [0.29, 0.717) is 16.5 Å². The number of benzene rings is 4. The maximum atomic E-state index is 13.4. The van der Waals surface area contributed by atoms with Gasteiger partial charge in [0.2, 0.25) is 0 Å². The predicted octanol–water partition coefficient (Wildman–Crippen LogP) is 8.73. The van der Waals surface area contributed by atoms with Gasteiger partial charge in [0, 0.05) is 56.0 Å². The molecule has 8 rings (SSSR count). The zero-order valence-electron chi connectivity index (χ0n) is 41.9. The van der Waals surface area contributed by atoms with Gasteiger partial charge in [0.05, 0.1) is 13.1 Å². The Kier molecular flexibility index (Phi) is 20.3. The molecule has 4 heterocycles. The number of aliphatic hydroxyl groups is 1. The van der Waals surface area contributed by atoms with Crippen LogP contribution in [0.25, 0.3) is 22.3 Å². The normalized spacial score (nSPS) is 11.5. The summed E-state index contributed by atoms with van der Waals surface area (Å²) in [6.45, 7) is 2.18. The highest BCUT2D eigenvalue weighted by molar-refractivity contribution is 6.30. The van der Waals surface area contributed by atoms with Crippen LogP contribution in [-0.2, 0) is 40.3 Å². The van der Waals surface area contributed by atoms with Gasteiger partial charge in [-0.1, -0.05) is 80.4 Å². The molecule has 19 nitrogen and oxygen atoms in total. The average molecular weight is 1150 g/mol. The van der Waals surface area contributed by atoms with Crippen LogP contribution in [0.1, 0.15) is 44.7 Å². The molecule has 0 bridgehead atoms. The number of aryl methyl sites for hydroxylation is 2. The van der Waals surface area contributed by atoms with E-state index in [1.54, 1.807) is 53.1 Å². The molecule has 0 saturated heterocycles. The summed E-state index contributed by atoms with van der Waals surface area (Å²) in [5, 5.41) is 10.3. The van der Waals surface area contributed by atoms with Crippen LogP contribution >= 0.6 is 23.2 Å². The Hall–Kier alpha value is -7.90. The molecule has 0 atom stereocenters. The van der Waals surface area contributed by atoms with Crippen molar-refractivity contribution >= 4 is 45.5 Å². The number of rotatable bonds is 22. The number of hydrogen-bond donors (Lipinski definition) is 1. The molecule has 0 aliphatic heterocycles. The number of unbranched alkanes of at least 4 members (excludes halogenated alkanes) is 1. The van der Waals surface area contributed by atoms with Crippen molar-refractivity contribution in [2.75, 3.05) is 33.0 Å². The molecule has 79 heavy (non-hydrogen) atoms. The monoisotopic (exact) mass is 1150 g/mol. The summed E-state index contributed by atoms with van der Waals surface area (Å²) in [5.41, 5.74) is 0.0545. The topological polar surface area (TPSA) is 199 Å². The van der Waals surface area contributed by atoms with Gasteiger partial charge in [-0.3, -0.25) is 37.0 Å². The number of alkyl halides is 6. The Morgan fingerprint density at radius 2 is 0.899 bits per heavy atom. The van der Waals surface area contributed by atoms with E-state index in [1.807, 2.05) is 6.92 Å². The second-order valence-electron chi connectivity index (χ2n) is 17.0. The smallest absolute Gasteiger partial charge is 0.490 e. The van der Waals surface area contributed by atoms with Gasteiger partial charge in [0.25, 0.3) is 23.1 Å². The first-order valence-corrected chi connectivity index (χ1v) is 24.6. The highest BCUT2D eigenvalue weighted by Gasteiger charge is 2.32. The average Bonchev–Trinajstić information content (AvgIpc) is 4.09. The van der Waals surface area contributed by atoms with E-state index in [0.717, 1.165) is 46.4 Å². The number of hydrogen-bond acceptors (Lipinski definition) is 13. The highest BCUT2D eigenvalue weighted by atomic mass is 35.5. The van der Waals surface area contributed by atoms with Crippen LogP contribution < -0.4 is 50.9 Å². The van der Waals surface area contributed by atoms with E-state index in [2.05, 4.69) is 19.4 Å². The summed E-state index contributed by atoms with van der Waals surface area (Å²) in [6.07, 6.45) is -7.98. The second kappa shape index (κ2) is 26.6. The number of halogens is 8. The molecule has 0 aliphatic rings. The molecule has 27 heteroatoms. The molecule has 4 aromatic heterocycles. The third kappa shape index (κ3) is 15.7. The van der Waals surface area contributed by atoms with Gasteiger partial charge in [0.15, 0.2) is 22.3 Å². The minimum atomic E-state index is -4.83. The van der Waals surface area contributed by atoms with E-state index in [1.165, 1.54) is 56.6 Å². The summed E-state index contributed by atoms with van der Waals surface area (Å²) in [4.78, 5) is 61.3. The van der Waals surface area contributed by atoms with Gasteiger partial charge < -0.3 is 33.5 Å². The molecule has 0 spiro atoms. The molecule has 0 radical (unpaired) electrons. The molecular weight excluding hydrogens is 1100 g/mol. The standard InChI is InChI=1S/C26H26ClF3N4O5.C25H24ClF3N4O6.CH4/c1-3-4-12-33-23(35)21-22(32(2)25(33)36)31-24(34(21)16-17-8-10-18(27)11-9-17)38-14-13-37-19-6-5-7-20(15-19)39-26(28,29)30;1-31-21-20(22(35)32(24(31)36)10-3-11-34)33(15-16-6-8-17(26)9-7-16)23(30-21)38-13-12-37-18-4-2-5-19(14-18)39-25(27,28)29;/h5-11,15H,3-4,12-14,16H2,1-2H3;2,4-9,14,34H,3,10-13,15H2,1H3;1H4. The SMILES string of the molecule is C.CCCCn1c(=O)c2c(nc(OCCOc3cccc(OC(F)(F)F)c3)n2Cc2ccc(Cl)cc2)n(C)c1=O.Cn1c(=O)n(CCCO)c(=O)c2c1nc(OCCOc1cccc(OC(F)(F)F)c1)n2Cc1ccc(Cl)cc1. The van der Waals surface area contributed by atoms with Crippen molar-refractivity contribution in [2.24, 2.45) is 14.1 Å². The maximum absolute atomic E-state index is 13.4. The third-order valence-electron chi connectivity index (χ3n) is 11.4. The third-order valence-corrected chi connectivity index (χ3v) is 11.9. The van der Waals surface area contributed by atoms with Crippen molar-refractivity contribution in [3.63, 3.8) is 0 Å². The van der Waals surface area contributed by atoms with Crippen LogP contribution in [0.2, 0.25) is 10.0 Å². The highest BCUT2D eigenvalue weighted by Crippen LogP contribution is 2.29. The van der Waals surface area contributed by atoms with Gasteiger partial charge in [0.1, 0.15) is 49.4 Å². The van der Waals surface area contributed by atoms with Gasteiger partial charge >= 0.3 is 24.1 Å². The number of aliphatic hydroxyl groups excluding tert-OH is 1. The van der Waals surface area contributed by atoms with E-state index in [-0.39, 0.29) is 119 Å². The first kappa shape index (κ1) is 60.3. The fourth-order valence-electron chi connectivity index (χ4n) is 7.81. The summed E-state index contributed by atoms with van der Waals surface area (Å²) in [6, 6.07) is 24.2. The molecule has 0 aliphatic carbocycles. The Morgan fingerprint density at radius 3 is 1.27 bits per heavy atom. The minimum absolute atomic E-state index is 0. The quantitative estimate of drug-likeness (QED) is 0.0500. The number of nitrogens with zero attached hydrogens (tertiary/aromatic N) is 8. The molecule has 4 aromatic carbocycles. The first-order valence-electron chi connectivity index (χ1n) is 23.9. The summed E-state index contributed by atoms with van der Waals surface area (Å²) >= 11 is 12.0. The lowest BCUT2D eigenvalue weighted by molar-refractivity contribution is -0.275. The first-order chi connectivity index (χ1) is 37.1. The largest absolute Gasteiger partial charge is 0.573 e. The fraction of sp³-hybridized carbons (Fsp3) is 0.346. The molecule has 424 valence electrons. The van der Waals surface area contributed by atoms with E-state index >= 15 is 0 Å². The van der Waals surface area contributed by atoms with Crippen molar-refractivity contribution in [3.05, 3.63) is 160 Å². The molecule has 0 saturated carbocycles. The Bertz CT molecular complexity index is 3360. The van der Waals surface area contributed by atoms with Crippen LogP contribution in [0.15, 0.2) is 116 Å². The van der Waals surface area contributed by atoms with Crippen LogP contribution in [0.4, 0.5) is 26.3 Å². The van der Waals surface area contributed by atoms with Gasteiger partial charge in [-0.05, 0) is 72.5 Å². The molecule has 1 N–H and O–H groups in total. The Balaban J connectivity index is 0.000000252. The lowest BCUT2D eigenvalue weighted by atomic mass is 10.2. The van der Waals surface area contributed by atoms with Crippen LogP contribution in [0.3, 0.4) is 0 Å². The lowest BCUT2D eigenvalue weighted by Crippen LogP contribution is -2.39. The van der Waals surface area contributed by atoms with Crippen molar-refractivity contribution in [3.8, 4) is 35.0 Å². The fourth-order valence-corrected chi connectivity index (χ4v) is 8.06. The number of aromatic nitrogens is 8. The van der Waals surface area contributed by atoms with Crippen LogP contribution in [0, 0.1) is 0 Å². The molecule has 0 amide bonds. The van der Waals surface area contributed by atoms with E-state index < -0.39 is 46.7 Å². The van der Waals surface area contributed by atoms with Crippen LogP contribution in [-0.4, -0.2) is 88.2 Å². The summed E-state index contributed by atoms with van der Waals surface area (Å²) in [7, 11) is 3.01. The number of ether oxygens (including phenoxy) is 6. The lowest BCUT2D eigenvalue weighted by Gasteiger charge is -2.13. The molecular formula is C52H54Cl2F6N8O11. The Labute approximate surface area is 455 Å². The van der Waals surface area contributed by atoms with Gasteiger partial charge in [-0.15, -0.1) is 26.3 Å². The second-order valence-corrected chi connectivity index (χ2v) is 17.9. The van der Waals surface area contributed by atoms with Crippen molar-refractivity contribution in [1.29, 1.82) is 0 Å². The summed E-state index contributed by atoms with van der Waals surface area (Å²) < 4.78 is 113. The Morgan fingerprint density at radius 1 is 0.532 bits per heavy atom. The summed E-state index contributed by atoms with van der Waals surface area (Å²) in [5.74, 6) is -0.560. The van der Waals surface area contributed by atoms with Crippen molar-refractivity contribution < 1.29 is 59.9 Å². The van der Waals surface area contributed by atoms with E-state index in [9.17, 15) is 50.6 Å². The molecule has 0 fully saturated rings. The zero-order chi connectivity index (χ0) is 56.3. The number of imidazole rings is 2. The molecule has 0 unspecified atom stereocenters. The number of fused-ring (bicyclic) bond motifs is 2. The van der Waals surface area contributed by atoms with Gasteiger partial charge in [-0.25, -0.2) is 9.59 Å². The van der Waals surface area contributed by atoms with Crippen molar-refractivity contribution in [2.45, 2.75) is 72.5 Å². The minimum Gasteiger partial charge on any atom is -0.490 e. The zero-order valence-corrected chi connectivity index (χ0v) is 43.4. The van der Waals surface area contributed by atoms with Gasteiger partial charge in [-0.2, -0.15) is 9.97 Å². The molecule has 8 aromatic rings. The maximum Gasteiger partial charge on any atom is 0.573 e. The van der Waals surface area contributed by atoms with E-state index in [4.69, 9.17) is 42.1 Å². The van der Waals surface area contributed by atoms with Crippen molar-refractivity contribution in [1.82, 2.24) is 37.4 Å².